The van der Waals surface area contributed by atoms with Crippen molar-refractivity contribution in [2.75, 3.05) is 6.54 Å². The third kappa shape index (κ3) is 2.69. The van der Waals surface area contributed by atoms with Crippen LogP contribution < -0.4 is 16.4 Å². The zero-order valence-corrected chi connectivity index (χ0v) is 7.67. The van der Waals surface area contributed by atoms with E-state index in [2.05, 4.69) is 10.6 Å². The number of carbonyl (C=O) groups is 2. The van der Waals surface area contributed by atoms with Crippen molar-refractivity contribution < 1.29 is 9.59 Å². The van der Waals surface area contributed by atoms with E-state index >= 15 is 0 Å². The molecule has 1 aliphatic heterocycles. The zero-order chi connectivity index (χ0) is 9.84. The normalized spacial score (nSPS) is 23.8. The minimum absolute atomic E-state index is 0.0182. The lowest BCUT2D eigenvalue weighted by molar-refractivity contribution is -0.123. The molecule has 1 fully saturated rings. The molecule has 5 heteroatoms. The van der Waals surface area contributed by atoms with E-state index in [1.165, 1.54) is 0 Å². The highest BCUT2D eigenvalue weighted by atomic mass is 16.2. The van der Waals surface area contributed by atoms with Crippen LogP contribution in [0.15, 0.2) is 0 Å². The molecule has 0 aromatic rings. The molecule has 0 radical (unpaired) electrons. The summed E-state index contributed by atoms with van der Waals surface area (Å²) in [6.45, 7) is 2.36. The molecule has 1 rings (SSSR count). The molecular weight excluding hydrogens is 170 g/mol. The van der Waals surface area contributed by atoms with Gasteiger partial charge in [0.05, 0.1) is 12.1 Å². The van der Waals surface area contributed by atoms with Gasteiger partial charge >= 0.3 is 0 Å². The fourth-order valence-electron chi connectivity index (χ4n) is 1.20. The molecule has 1 aliphatic rings. The summed E-state index contributed by atoms with van der Waals surface area (Å²) in [5.74, 6) is -0.195. The Balaban J connectivity index is 2.32. The molecule has 1 unspecified atom stereocenters. The van der Waals surface area contributed by atoms with E-state index in [-0.39, 0.29) is 17.9 Å². The van der Waals surface area contributed by atoms with Gasteiger partial charge in [-0.1, -0.05) is 6.92 Å². The first kappa shape index (κ1) is 9.98. The average Bonchev–Trinajstić information content (AvgIpc) is 2.49. The standard InChI is InChI=1S/C8H15N3O2/c1-2-6(9)8(13)11-5-3-7(12)10-4-5/h5-6H,2-4,9H2,1H3,(H,10,12)(H,11,13)/t5?,6-/m0/s1. The van der Waals surface area contributed by atoms with Crippen molar-refractivity contribution in [2.24, 2.45) is 5.73 Å². The fraction of sp³-hybridized carbons (Fsp3) is 0.750. The predicted molar refractivity (Wildman–Crippen MR) is 47.8 cm³/mol. The van der Waals surface area contributed by atoms with E-state index in [1.54, 1.807) is 0 Å². The molecule has 74 valence electrons. The Morgan fingerprint density at radius 2 is 2.54 bits per heavy atom. The maximum absolute atomic E-state index is 11.3. The molecule has 4 N–H and O–H groups in total. The lowest BCUT2D eigenvalue weighted by Crippen LogP contribution is -2.45. The van der Waals surface area contributed by atoms with Crippen molar-refractivity contribution in [2.45, 2.75) is 31.8 Å². The summed E-state index contributed by atoms with van der Waals surface area (Å²) in [4.78, 5) is 22.0. The number of carbonyl (C=O) groups excluding carboxylic acids is 2. The van der Waals surface area contributed by atoms with Gasteiger partial charge in [-0.15, -0.1) is 0 Å². The largest absolute Gasteiger partial charge is 0.354 e. The number of nitrogens with one attached hydrogen (secondary N) is 2. The predicted octanol–water partition coefficient (Wildman–Crippen LogP) is -1.27. The molecule has 0 bridgehead atoms. The molecule has 2 atom stereocenters. The van der Waals surface area contributed by atoms with Gasteiger partial charge in [-0.3, -0.25) is 9.59 Å². The quantitative estimate of drug-likeness (QED) is 0.512. The van der Waals surface area contributed by atoms with E-state index in [0.717, 1.165) is 0 Å². The van der Waals surface area contributed by atoms with Crippen molar-refractivity contribution in [3.05, 3.63) is 0 Å². The SMILES string of the molecule is CC[C@H](N)C(=O)NC1CNC(=O)C1. The monoisotopic (exact) mass is 185 g/mol. The van der Waals surface area contributed by atoms with Crippen LogP contribution >= 0.6 is 0 Å². The summed E-state index contributed by atoms with van der Waals surface area (Å²) >= 11 is 0. The summed E-state index contributed by atoms with van der Waals surface area (Å²) in [5.41, 5.74) is 5.51. The molecule has 0 spiro atoms. The van der Waals surface area contributed by atoms with Gasteiger partial charge in [0.25, 0.3) is 0 Å². The molecule has 2 amide bonds. The molecule has 1 saturated heterocycles. The van der Waals surface area contributed by atoms with E-state index in [9.17, 15) is 9.59 Å². The Morgan fingerprint density at radius 3 is 3.00 bits per heavy atom. The van der Waals surface area contributed by atoms with Crippen LogP contribution in [0.2, 0.25) is 0 Å². The van der Waals surface area contributed by atoms with E-state index in [4.69, 9.17) is 5.73 Å². The maximum atomic E-state index is 11.3. The summed E-state index contributed by atoms with van der Waals surface area (Å²) in [6, 6.07) is -0.548. The molecule has 5 nitrogen and oxygen atoms in total. The summed E-state index contributed by atoms with van der Waals surface area (Å²) in [5, 5.41) is 5.35. The van der Waals surface area contributed by atoms with E-state index < -0.39 is 6.04 Å². The second-order valence-corrected chi connectivity index (χ2v) is 3.23. The number of nitrogens with two attached hydrogens (primary N) is 1. The van der Waals surface area contributed by atoms with Crippen molar-refractivity contribution in [1.82, 2.24) is 10.6 Å². The second-order valence-electron chi connectivity index (χ2n) is 3.23. The first-order valence-corrected chi connectivity index (χ1v) is 4.46. The van der Waals surface area contributed by atoms with Crippen LogP contribution in [-0.4, -0.2) is 30.4 Å². The van der Waals surface area contributed by atoms with Crippen LogP contribution in [-0.2, 0) is 9.59 Å². The minimum Gasteiger partial charge on any atom is -0.354 e. The Kier molecular flexibility index (Phi) is 3.25. The number of hydrogen-bond acceptors (Lipinski definition) is 3. The summed E-state index contributed by atoms with van der Waals surface area (Å²) < 4.78 is 0. The Morgan fingerprint density at radius 1 is 1.85 bits per heavy atom. The van der Waals surface area contributed by atoms with Crippen LogP contribution in [0.3, 0.4) is 0 Å². The third-order valence-electron chi connectivity index (χ3n) is 2.10. The highest BCUT2D eigenvalue weighted by Gasteiger charge is 2.24. The van der Waals surface area contributed by atoms with Crippen molar-refractivity contribution in [3.8, 4) is 0 Å². The molecular formula is C8H15N3O2. The van der Waals surface area contributed by atoms with E-state index in [0.29, 0.717) is 19.4 Å². The average molecular weight is 185 g/mol. The summed E-state index contributed by atoms with van der Waals surface area (Å²) in [7, 11) is 0. The van der Waals surface area contributed by atoms with Gasteiger partial charge in [0.1, 0.15) is 0 Å². The minimum atomic E-state index is -0.462. The molecule has 13 heavy (non-hydrogen) atoms. The van der Waals surface area contributed by atoms with Crippen LogP contribution in [0.4, 0.5) is 0 Å². The van der Waals surface area contributed by atoms with Crippen molar-refractivity contribution in [1.29, 1.82) is 0 Å². The molecule has 0 aliphatic carbocycles. The Labute approximate surface area is 77.1 Å². The topological polar surface area (TPSA) is 84.2 Å². The highest BCUT2D eigenvalue weighted by molar-refractivity contribution is 5.84. The molecule has 0 saturated carbocycles. The van der Waals surface area contributed by atoms with Gasteiger partial charge in [0.2, 0.25) is 11.8 Å². The lowest BCUT2D eigenvalue weighted by Gasteiger charge is -2.13. The molecule has 0 aromatic heterocycles. The Hall–Kier alpha value is -1.10. The lowest BCUT2D eigenvalue weighted by atomic mass is 10.2. The second kappa shape index (κ2) is 4.23. The van der Waals surface area contributed by atoms with Crippen LogP contribution in [0.25, 0.3) is 0 Å². The van der Waals surface area contributed by atoms with Gasteiger partial charge in [0, 0.05) is 13.0 Å². The first-order valence-electron chi connectivity index (χ1n) is 4.46. The molecule has 1 heterocycles. The van der Waals surface area contributed by atoms with Gasteiger partial charge < -0.3 is 16.4 Å². The molecule has 0 aromatic carbocycles. The Bertz CT molecular complexity index is 217. The third-order valence-corrected chi connectivity index (χ3v) is 2.10. The van der Waals surface area contributed by atoms with Gasteiger partial charge in [-0.05, 0) is 6.42 Å². The number of hydrogen-bond donors (Lipinski definition) is 3. The highest BCUT2D eigenvalue weighted by Crippen LogP contribution is 1.99. The maximum Gasteiger partial charge on any atom is 0.237 e. The first-order chi connectivity index (χ1) is 6.13. The van der Waals surface area contributed by atoms with Crippen LogP contribution in [0.5, 0.6) is 0 Å². The van der Waals surface area contributed by atoms with Crippen LogP contribution in [0, 0.1) is 0 Å². The number of amides is 2. The van der Waals surface area contributed by atoms with Crippen molar-refractivity contribution >= 4 is 11.8 Å². The van der Waals surface area contributed by atoms with Gasteiger partial charge in [0.15, 0.2) is 0 Å². The smallest absolute Gasteiger partial charge is 0.237 e. The fourth-order valence-corrected chi connectivity index (χ4v) is 1.20. The van der Waals surface area contributed by atoms with E-state index in [1.807, 2.05) is 6.92 Å². The van der Waals surface area contributed by atoms with Crippen LogP contribution in [0.1, 0.15) is 19.8 Å². The summed E-state index contributed by atoms with van der Waals surface area (Å²) in [6.07, 6.45) is 0.974. The number of rotatable bonds is 3. The van der Waals surface area contributed by atoms with Gasteiger partial charge in [-0.2, -0.15) is 0 Å². The van der Waals surface area contributed by atoms with Crippen molar-refractivity contribution in [3.63, 3.8) is 0 Å². The zero-order valence-electron chi connectivity index (χ0n) is 7.67. The van der Waals surface area contributed by atoms with Gasteiger partial charge in [-0.25, -0.2) is 0 Å².